The molecule has 294 valence electrons. The average molecular weight is 831 g/mol. The second kappa shape index (κ2) is 17.1. The van der Waals surface area contributed by atoms with E-state index in [4.69, 9.17) is 0 Å². The Kier molecular flexibility index (Phi) is 11.3. The standard InChI is InChI=1S/C54H54S4/c1-3-5-7-9-11-13-15-21-35-27-31-37(32-28-35)43-45-46(52-47(43)53-49(58-52)39-23-17-19-25-41(39)55-53)44(38-33-29-36(30-34-38)22-16-14-12-10-8-6-4-2)48-51(45)57-50-40-24-18-20-26-42(40)56-54(48)50/h17-20,23-34H,3-16,21-22H2,1-2H3. The van der Waals surface area contributed by atoms with E-state index in [9.17, 15) is 0 Å². The number of allylic oxidation sites excluding steroid dienone is 2. The van der Waals surface area contributed by atoms with Gasteiger partial charge in [0, 0.05) is 63.3 Å². The molecule has 0 spiro atoms. The van der Waals surface area contributed by atoms with E-state index in [2.05, 4.69) is 111 Å². The van der Waals surface area contributed by atoms with Crippen molar-refractivity contribution < 1.29 is 0 Å². The summed E-state index contributed by atoms with van der Waals surface area (Å²) in [5.41, 5.74) is 14.5. The smallest absolute Gasteiger partial charge is 0.0548 e. The van der Waals surface area contributed by atoms with E-state index < -0.39 is 0 Å². The minimum Gasteiger partial charge on any atom is -0.134 e. The van der Waals surface area contributed by atoms with Crippen LogP contribution in [-0.2, 0) is 12.8 Å². The van der Waals surface area contributed by atoms with Crippen LogP contribution < -0.4 is 0 Å². The molecular weight excluding hydrogens is 777 g/mol. The Balaban J connectivity index is 1.09. The van der Waals surface area contributed by atoms with Crippen LogP contribution in [0.1, 0.15) is 147 Å². The third-order valence-electron chi connectivity index (χ3n) is 12.7. The number of hydrogen-bond acceptors (Lipinski definition) is 4. The molecule has 4 heterocycles. The number of thiophene rings is 4. The third kappa shape index (κ3) is 6.96. The van der Waals surface area contributed by atoms with Gasteiger partial charge in [0.15, 0.2) is 0 Å². The summed E-state index contributed by atoms with van der Waals surface area (Å²) < 4.78 is 8.63. The first-order chi connectivity index (χ1) is 28.7. The van der Waals surface area contributed by atoms with Crippen molar-refractivity contribution in [1.29, 1.82) is 0 Å². The maximum absolute atomic E-state index is 2.46. The van der Waals surface area contributed by atoms with Crippen LogP contribution in [0, 0.1) is 0 Å². The fourth-order valence-electron chi connectivity index (χ4n) is 9.67. The summed E-state index contributed by atoms with van der Waals surface area (Å²) in [6, 6.07) is 37.8. The molecule has 0 atom stereocenters. The molecule has 2 aliphatic carbocycles. The Hall–Kier alpha value is -3.80. The summed E-state index contributed by atoms with van der Waals surface area (Å²) in [5.74, 6) is 0. The van der Waals surface area contributed by atoms with Crippen molar-refractivity contribution in [2.45, 2.75) is 117 Å². The molecule has 0 saturated heterocycles. The first kappa shape index (κ1) is 38.4. The van der Waals surface area contributed by atoms with Gasteiger partial charge in [-0.1, -0.05) is 176 Å². The molecule has 0 saturated carbocycles. The van der Waals surface area contributed by atoms with Gasteiger partial charge in [-0.2, -0.15) is 0 Å². The number of fused-ring (bicyclic) bond motifs is 13. The lowest BCUT2D eigenvalue weighted by Gasteiger charge is -2.10. The largest absolute Gasteiger partial charge is 0.134 e. The number of aryl methyl sites for hydroxylation is 2. The Morgan fingerprint density at radius 1 is 0.345 bits per heavy atom. The monoisotopic (exact) mass is 830 g/mol. The highest BCUT2D eigenvalue weighted by Crippen LogP contribution is 2.66. The number of hydrogen-bond donors (Lipinski definition) is 0. The Labute approximate surface area is 361 Å². The molecule has 58 heavy (non-hydrogen) atoms. The highest BCUT2D eigenvalue weighted by atomic mass is 32.1. The van der Waals surface area contributed by atoms with Gasteiger partial charge >= 0.3 is 0 Å². The van der Waals surface area contributed by atoms with Crippen LogP contribution >= 0.6 is 45.3 Å². The molecule has 0 radical (unpaired) electrons. The molecule has 4 aromatic carbocycles. The van der Waals surface area contributed by atoms with Gasteiger partial charge in [0.1, 0.15) is 0 Å². The molecule has 0 N–H and O–H groups in total. The highest BCUT2D eigenvalue weighted by molar-refractivity contribution is 7.35. The van der Waals surface area contributed by atoms with E-state index in [0.717, 1.165) is 0 Å². The second-order valence-electron chi connectivity index (χ2n) is 16.8. The lowest BCUT2D eigenvalue weighted by atomic mass is 9.95. The summed E-state index contributed by atoms with van der Waals surface area (Å²) in [7, 11) is 0. The second-order valence-corrected chi connectivity index (χ2v) is 20.9. The minimum absolute atomic E-state index is 1.17. The van der Waals surface area contributed by atoms with Crippen LogP contribution in [0.4, 0.5) is 0 Å². The van der Waals surface area contributed by atoms with Crippen molar-refractivity contribution in [3.63, 3.8) is 0 Å². The molecule has 2 aliphatic rings. The quantitative estimate of drug-likeness (QED) is 0.0756. The van der Waals surface area contributed by atoms with Crippen LogP contribution in [0.2, 0.25) is 0 Å². The lowest BCUT2D eigenvalue weighted by Crippen LogP contribution is -1.91. The molecule has 0 nitrogen and oxygen atoms in total. The molecule has 0 unspecified atom stereocenters. The van der Waals surface area contributed by atoms with Crippen molar-refractivity contribution in [2.24, 2.45) is 0 Å². The van der Waals surface area contributed by atoms with Crippen molar-refractivity contribution in [3.05, 3.63) is 140 Å². The lowest BCUT2D eigenvalue weighted by molar-refractivity contribution is 0.589. The SMILES string of the molecule is CCCCCCCCCc1ccc(C2=C3C(=C(c4ccc(CCCCCCCCC)cc4)c4c3sc3c4sc4ccccc43)c3sc4c(sc5ccccc54)c32)cc1. The van der Waals surface area contributed by atoms with Crippen LogP contribution in [0.25, 0.3) is 61.3 Å². The Morgan fingerprint density at radius 2 is 0.724 bits per heavy atom. The van der Waals surface area contributed by atoms with Crippen molar-refractivity contribution in [3.8, 4) is 0 Å². The molecule has 0 bridgehead atoms. The van der Waals surface area contributed by atoms with Crippen molar-refractivity contribution >= 4 is 107 Å². The van der Waals surface area contributed by atoms with Gasteiger partial charge in [-0.15, -0.1) is 45.3 Å². The van der Waals surface area contributed by atoms with Crippen LogP contribution in [0.5, 0.6) is 0 Å². The predicted octanol–water partition coefficient (Wildman–Crippen LogP) is 18.4. The molecule has 0 amide bonds. The maximum atomic E-state index is 2.46. The zero-order valence-electron chi connectivity index (χ0n) is 34.2. The first-order valence-electron chi connectivity index (χ1n) is 22.3. The van der Waals surface area contributed by atoms with E-state index in [0.29, 0.717) is 0 Å². The van der Waals surface area contributed by atoms with Crippen LogP contribution in [0.3, 0.4) is 0 Å². The van der Waals surface area contributed by atoms with Crippen LogP contribution in [-0.4, -0.2) is 0 Å². The van der Waals surface area contributed by atoms with Gasteiger partial charge in [-0.05, 0) is 60.1 Å². The van der Waals surface area contributed by atoms with E-state index in [1.54, 1.807) is 0 Å². The fraction of sp³-hybridized carbons (Fsp3) is 0.333. The van der Waals surface area contributed by atoms with E-state index >= 15 is 0 Å². The number of unbranched alkanes of at least 4 members (excludes halogenated alkanes) is 12. The molecule has 4 heteroatoms. The van der Waals surface area contributed by atoms with Crippen LogP contribution in [0.15, 0.2) is 97.1 Å². The third-order valence-corrected chi connectivity index (χ3v) is 17.9. The maximum Gasteiger partial charge on any atom is 0.0548 e. The summed E-state index contributed by atoms with van der Waals surface area (Å²) in [5, 5.41) is 2.81. The van der Waals surface area contributed by atoms with Gasteiger partial charge in [0.2, 0.25) is 0 Å². The molecular formula is C54H54S4. The summed E-state index contributed by atoms with van der Waals surface area (Å²) in [6.45, 7) is 4.61. The van der Waals surface area contributed by atoms with Gasteiger partial charge in [0.25, 0.3) is 0 Å². The summed E-state index contributed by atoms with van der Waals surface area (Å²) in [6.07, 6.45) is 21.3. The van der Waals surface area contributed by atoms with Gasteiger partial charge in [0.05, 0.1) is 18.8 Å². The molecule has 4 aromatic heterocycles. The van der Waals surface area contributed by atoms with E-state index in [-0.39, 0.29) is 0 Å². The number of rotatable bonds is 18. The normalized spacial score (nSPS) is 13.6. The first-order valence-corrected chi connectivity index (χ1v) is 25.6. The van der Waals surface area contributed by atoms with Gasteiger partial charge in [-0.3, -0.25) is 0 Å². The zero-order valence-corrected chi connectivity index (χ0v) is 37.5. The minimum atomic E-state index is 1.17. The van der Waals surface area contributed by atoms with E-state index in [1.165, 1.54) is 207 Å². The molecule has 10 rings (SSSR count). The topological polar surface area (TPSA) is 0 Å². The molecule has 0 fully saturated rings. The Bertz CT molecular complexity index is 2600. The summed E-state index contributed by atoms with van der Waals surface area (Å²) in [4.78, 5) is 2.95. The van der Waals surface area contributed by atoms with Gasteiger partial charge < -0.3 is 0 Å². The van der Waals surface area contributed by atoms with Crippen molar-refractivity contribution in [1.82, 2.24) is 0 Å². The van der Waals surface area contributed by atoms with Crippen molar-refractivity contribution in [2.75, 3.05) is 0 Å². The average Bonchev–Trinajstić information content (AvgIpc) is 4.08. The molecule has 8 aromatic rings. The summed E-state index contributed by atoms with van der Waals surface area (Å²) >= 11 is 8.09. The van der Waals surface area contributed by atoms with Gasteiger partial charge in [-0.25, -0.2) is 0 Å². The zero-order chi connectivity index (χ0) is 39.0. The predicted molar refractivity (Wildman–Crippen MR) is 263 cm³/mol. The molecule has 0 aliphatic heterocycles. The fourth-order valence-corrected chi connectivity index (χ4v) is 15.3. The Morgan fingerprint density at radius 3 is 1.14 bits per heavy atom. The van der Waals surface area contributed by atoms with E-state index in [1.807, 2.05) is 45.3 Å². The number of benzene rings is 4. The highest BCUT2D eigenvalue weighted by Gasteiger charge is 2.43.